The lowest BCUT2D eigenvalue weighted by Crippen LogP contribution is -2.60. The molecule has 1 aliphatic rings. The van der Waals surface area contributed by atoms with Gasteiger partial charge in [-0.1, -0.05) is 120 Å². The third-order valence-corrected chi connectivity index (χ3v) is 10.9. The number of aromatic nitrogens is 2. The molecule has 6 amide bonds. The number of carbonyl (C=O) groups excluding carboxylic acids is 4. The molecule has 1 fully saturated rings. The molecule has 14 nitrogen and oxygen atoms in total. The van der Waals surface area contributed by atoms with Crippen molar-refractivity contribution in [2.45, 2.75) is 79.2 Å². The molecular formula is C49H60N8O6. The van der Waals surface area contributed by atoms with Gasteiger partial charge >= 0.3 is 18.2 Å². The molecule has 3 heterocycles. The zero-order valence-corrected chi connectivity index (χ0v) is 37.3. The first-order valence-electron chi connectivity index (χ1n) is 21.3. The molecule has 0 spiro atoms. The van der Waals surface area contributed by atoms with E-state index in [9.17, 15) is 24.3 Å². The fourth-order valence-electron chi connectivity index (χ4n) is 7.94. The van der Waals surface area contributed by atoms with Crippen LogP contribution in [0.3, 0.4) is 0 Å². The predicted molar refractivity (Wildman–Crippen MR) is 243 cm³/mol. The molecule has 14 heteroatoms. The summed E-state index contributed by atoms with van der Waals surface area (Å²) in [7, 11) is 1.22. The highest BCUT2D eigenvalue weighted by molar-refractivity contribution is 5.91. The molecule has 3 unspecified atom stereocenters. The summed E-state index contributed by atoms with van der Waals surface area (Å²) >= 11 is 0. The molecule has 1 aliphatic heterocycles. The monoisotopic (exact) mass is 856 g/mol. The Labute approximate surface area is 370 Å². The number of benzene rings is 3. The number of pyridine rings is 2. The molecule has 5 aromatic rings. The van der Waals surface area contributed by atoms with Gasteiger partial charge < -0.3 is 25.0 Å². The highest BCUT2D eigenvalue weighted by atomic mass is 16.5. The number of hydrogen-bond donors (Lipinski definition) is 3. The molecule has 6 rings (SSSR count). The Kier molecular flexibility index (Phi) is 14.8. The number of hydrogen-bond acceptors (Lipinski definition) is 9. The normalized spacial score (nSPS) is 14.7. The maximum Gasteiger partial charge on any atom is 0.417 e. The van der Waals surface area contributed by atoms with E-state index in [1.54, 1.807) is 22.2 Å². The van der Waals surface area contributed by atoms with Gasteiger partial charge in [0.05, 0.1) is 30.5 Å². The highest BCUT2D eigenvalue weighted by Crippen LogP contribution is 2.30. The first kappa shape index (κ1) is 46.1. The van der Waals surface area contributed by atoms with Crippen molar-refractivity contribution in [2.75, 3.05) is 33.3 Å². The van der Waals surface area contributed by atoms with Crippen LogP contribution < -0.4 is 10.7 Å². The second-order valence-corrected chi connectivity index (χ2v) is 18.4. The summed E-state index contributed by atoms with van der Waals surface area (Å²) in [6.45, 7) is 12.7. The largest absolute Gasteiger partial charge is 0.452 e. The summed E-state index contributed by atoms with van der Waals surface area (Å²) < 4.78 is 4.99. The average molecular weight is 857 g/mol. The number of carbonyl (C=O) groups is 4. The SMILES string of the molecule is COC(=O)N(CC(C)(C)C)C(=O)NN(Cc1ccc(-c2ccccn2)cc1)CC(O)C(Cc1ccccc1)NC(=O)C(N1CCN(Cc2ccnc3ccccc23)C1=O)C(C)(C)C. The number of nitrogens with one attached hydrogen (secondary N) is 2. The number of urea groups is 2. The van der Waals surface area contributed by atoms with Crippen LogP contribution in [-0.2, 0) is 29.0 Å². The van der Waals surface area contributed by atoms with Gasteiger partial charge in [0.15, 0.2) is 0 Å². The Hall–Kier alpha value is -6.38. The number of ether oxygens (including phenoxy) is 1. The number of aliphatic hydroxyl groups is 1. The van der Waals surface area contributed by atoms with Crippen LogP contribution in [0.4, 0.5) is 14.4 Å². The van der Waals surface area contributed by atoms with Gasteiger partial charge in [0.25, 0.3) is 0 Å². The smallest absolute Gasteiger partial charge is 0.417 e. The molecule has 0 radical (unpaired) electrons. The van der Waals surface area contributed by atoms with Crippen LogP contribution in [0.15, 0.2) is 116 Å². The fraction of sp³-hybridized carbons (Fsp3) is 0.388. The molecule has 0 aliphatic carbocycles. The minimum Gasteiger partial charge on any atom is -0.452 e. The highest BCUT2D eigenvalue weighted by Gasteiger charge is 2.44. The number of imide groups is 1. The Balaban J connectivity index is 1.26. The van der Waals surface area contributed by atoms with Crippen molar-refractivity contribution in [2.24, 2.45) is 10.8 Å². The van der Waals surface area contributed by atoms with Gasteiger partial charge in [-0.05, 0) is 58.2 Å². The van der Waals surface area contributed by atoms with E-state index in [0.717, 1.165) is 43.8 Å². The van der Waals surface area contributed by atoms with Crippen LogP contribution in [0.2, 0.25) is 0 Å². The minimum absolute atomic E-state index is 0.0628. The van der Waals surface area contributed by atoms with Crippen molar-refractivity contribution in [1.29, 1.82) is 0 Å². The van der Waals surface area contributed by atoms with Gasteiger partial charge in [0, 0.05) is 62.6 Å². The van der Waals surface area contributed by atoms with Crippen LogP contribution in [-0.4, -0.2) is 110 Å². The lowest BCUT2D eigenvalue weighted by Gasteiger charge is -2.38. The summed E-state index contributed by atoms with van der Waals surface area (Å²) in [4.78, 5) is 69.1. The number of methoxy groups -OCH3 is 1. The molecule has 3 N–H and O–H groups in total. The van der Waals surface area contributed by atoms with Crippen molar-refractivity contribution < 1.29 is 29.0 Å². The number of hydrazine groups is 1. The number of rotatable bonds is 15. The quantitative estimate of drug-likeness (QED) is 0.0920. The number of aliphatic hydroxyl groups excluding tert-OH is 1. The standard InChI is InChI=1S/C49H60N8O6/c1-48(2,3)33-57(47(62)63-7)45(60)53-55(30-35-20-22-36(23-21-35)39-18-13-14-25-50-39)32-42(58)41(29-34-15-9-8-10-16-34)52-44(59)43(49(4,5)6)56-28-27-54(46(56)61)31-37-24-26-51-40-19-12-11-17-38(37)40/h8-26,41-43,58H,27-33H2,1-7H3,(H,52,59)(H,53,60). The summed E-state index contributed by atoms with van der Waals surface area (Å²) in [5.74, 6) is -0.408. The molecule has 332 valence electrons. The van der Waals surface area contributed by atoms with E-state index in [2.05, 4.69) is 20.7 Å². The first-order valence-corrected chi connectivity index (χ1v) is 21.3. The zero-order valence-electron chi connectivity index (χ0n) is 37.3. The third-order valence-electron chi connectivity index (χ3n) is 10.9. The molecule has 3 atom stereocenters. The van der Waals surface area contributed by atoms with Crippen molar-refractivity contribution in [3.63, 3.8) is 0 Å². The van der Waals surface area contributed by atoms with Gasteiger partial charge in [-0.3, -0.25) is 20.2 Å². The summed E-state index contributed by atoms with van der Waals surface area (Å²) in [6, 6.07) is 29.9. The second-order valence-electron chi connectivity index (χ2n) is 18.4. The van der Waals surface area contributed by atoms with Crippen molar-refractivity contribution in [3.8, 4) is 11.3 Å². The molecule has 2 aromatic heterocycles. The minimum atomic E-state index is -1.25. The van der Waals surface area contributed by atoms with Gasteiger partial charge in [0.1, 0.15) is 6.04 Å². The topological polar surface area (TPSA) is 161 Å². The molecule has 0 bridgehead atoms. The second kappa shape index (κ2) is 20.2. The lowest BCUT2D eigenvalue weighted by molar-refractivity contribution is -0.130. The summed E-state index contributed by atoms with van der Waals surface area (Å²) in [5.41, 5.74) is 6.90. The van der Waals surface area contributed by atoms with Crippen molar-refractivity contribution in [3.05, 3.63) is 132 Å². The van der Waals surface area contributed by atoms with Gasteiger partial charge in [-0.2, -0.15) is 0 Å². The van der Waals surface area contributed by atoms with Crippen LogP contribution in [0.25, 0.3) is 22.2 Å². The predicted octanol–water partition coefficient (Wildman–Crippen LogP) is 7.28. The van der Waals surface area contributed by atoms with Crippen LogP contribution in [0.1, 0.15) is 58.2 Å². The maximum absolute atomic E-state index is 14.7. The fourth-order valence-corrected chi connectivity index (χ4v) is 7.94. The molecular weight excluding hydrogens is 797 g/mol. The van der Waals surface area contributed by atoms with E-state index < -0.39 is 47.0 Å². The van der Waals surface area contributed by atoms with Crippen molar-refractivity contribution in [1.82, 2.24) is 40.4 Å². The third kappa shape index (κ3) is 12.2. The van der Waals surface area contributed by atoms with Gasteiger partial charge in [-0.25, -0.2) is 24.3 Å². The molecule has 3 aromatic carbocycles. The summed E-state index contributed by atoms with van der Waals surface area (Å²) in [6.07, 6.45) is 1.65. The Morgan fingerprint density at radius 2 is 1.52 bits per heavy atom. The number of amides is 6. The van der Waals surface area contributed by atoms with Gasteiger partial charge in [-0.15, -0.1) is 0 Å². The molecule has 0 saturated carbocycles. The zero-order chi connectivity index (χ0) is 45.3. The first-order chi connectivity index (χ1) is 30.0. The Morgan fingerprint density at radius 1 is 0.825 bits per heavy atom. The van der Waals surface area contributed by atoms with E-state index in [0.29, 0.717) is 19.6 Å². The number of fused-ring (bicyclic) bond motifs is 1. The van der Waals surface area contributed by atoms with E-state index in [1.165, 1.54) is 12.1 Å². The Bertz CT molecular complexity index is 2330. The summed E-state index contributed by atoms with van der Waals surface area (Å²) in [5, 5.41) is 17.9. The lowest BCUT2D eigenvalue weighted by atomic mass is 9.84. The molecule has 1 saturated heterocycles. The van der Waals surface area contributed by atoms with Crippen LogP contribution in [0.5, 0.6) is 0 Å². The average Bonchev–Trinajstić information content (AvgIpc) is 3.60. The van der Waals surface area contributed by atoms with Crippen LogP contribution in [0, 0.1) is 10.8 Å². The van der Waals surface area contributed by atoms with E-state index >= 15 is 0 Å². The number of nitrogens with zero attached hydrogens (tertiary/aromatic N) is 6. The van der Waals surface area contributed by atoms with Gasteiger partial charge in [0.2, 0.25) is 5.91 Å². The number of para-hydroxylation sites is 1. The van der Waals surface area contributed by atoms with E-state index in [1.807, 2.05) is 145 Å². The van der Waals surface area contributed by atoms with Crippen molar-refractivity contribution >= 4 is 35.0 Å². The van der Waals surface area contributed by atoms with E-state index in [4.69, 9.17) is 4.74 Å². The van der Waals surface area contributed by atoms with Crippen LogP contribution >= 0.6 is 0 Å². The Morgan fingerprint density at radius 3 is 2.19 bits per heavy atom. The molecule has 63 heavy (non-hydrogen) atoms. The van der Waals surface area contributed by atoms with E-state index in [-0.39, 0.29) is 32.1 Å². The maximum atomic E-state index is 14.7.